The highest BCUT2D eigenvalue weighted by molar-refractivity contribution is 5.79. The van der Waals surface area contributed by atoms with Crippen LogP contribution in [-0.2, 0) is 9.53 Å². The van der Waals surface area contributed by atoms with Crippen LogP contribution in [0, 0.1) is 5.92 Å². The lowest BCUT2D eigenvalue weighted by molar-refractivity contribution is -0.147. The molecule has 23 heavy (non-hydrogen) atoms. The molecule has 1 aromatic rings. The van der Waals surface area contributed by atoms with Crippen LogP contribution >= 0.6 is 0 Å². The summed E-state index contributed by atoms with van der Waals surface area (Å²) in [5.41, 5.74) is 1.07. The Morgan fingerprint density at radius 3 is 2.61 bits per heavy atom. The summed E-state index contributed by atoms with van der Waals surface area (Å²) < 4.78 is 5.63. The molecule has 1 aliphatic rings. The van der Waals surface area contributed by atoms with Gasteiger partial charge in [-0.25, -0.2) is 0 Å². The zero-order valence-electron chi connectivity index (χ0n) is 14.4. The fraction of sp³-hybridized carbons (Fsp3) is 0.550. The van der Waals surface area contributed by atoms with Gasteiger partial charge in [-0.05, 0) is 43.8 Å². The molecule has 0 spiro atoms. The van der Waals surface area contributed by atoms with Crippen molar-refractivity contribution in [3.05, 3.63) is 48.0 Å². The van der Waals surface area contributed by atoms with Crippen molar-refractivity contribution in [3.63, 3.8) is 0 Å². The van der Waals surface area contributed by atoms with E-state index in [0.717, 1.165) is 44.5 Å². The van der Waals surface area contributed by atoms with E-state index in [-0.39, 0.29) is 17.8 Å². The molecule has 0 bridgehead atoms. The maximum atomic E-state index is 12.7. The first-order chi connectivity index (χ1) is 11.3. The highest BCUT2D eigenvalue weighted by atomic mass is 16.5. The number of rotatable bonds is 8. The molecule has 0 aliphatic heterocycles. The summed E-state index contributed by atoms with van der Waals surface area (Å²) >= 11 is 0. The number of likely N-dealkylation sites (N-methyl/N-ethyl adjacent to an activating group) is 1. The van der Waals surface area contributed by atoms with Gasteiger partial charge in [0.1, 0.15) is 6.61 Å². The van der Waals surface area contributed by atoms with Crippen LogP contribution in [0.1, 0.15) is 44.6 Å². The second kappa shape index (κ2) is 9.51. The zero-order valence-corrected chi connectivity index (χ0v) is 14.4. The van der Waals surface area contributed by atoms with Crippen LogP contribution in [0.2, 0.25) is 0 Å². The normalized spacial score (nSPS) is 18.8. The topological polar surface area (TPSA) is 29.5 Å². The largest absolute Gasteiger partial charge is 0.464 e. The van der Waals surface area contributed by atoms with Gasteiger partial charge in [-0.1, -0.05) is 56.3 Å². The Kier molecular flexibility index (Phi) is 7.34. The SMILES string of the molecule is CCN(CC)CCOC(=O)[C@@H](c1ccccc1)[C@H]1C=CCCC1. The minimum atomic E-state index is -0.176. The van der Waals surface area contributed by atoms with E-state index in [2.05, 4.69) is 30.9 Å². The van der Waals surface area contributed by atoms with Gasteiger partial charge in [-0.3, -0.25) is 4.79 Å². The van der Waals surface area contributed by atoms with Gasteiger partial charge < -0.3 is 9.64 Å². The third-order valence-electron chi connectivity index (χ3n) is 4.68. The highest BCUT2D eigenvalue weighted by Crippen LogP contribution is 2.33. The molecule has 0 heterocycles. The van der Waals surface area contributed by atoms with Gasteiger partial charge in [0.15, 0.2) is 0 Å². The van der Waals surface area contributed by atoms with Crippen LogP contribution in [0.15, 0.2) is 42.5 Å². The van der Waals surface area contributed by atoms with E-state index < -0.39 is 0 Å². The van der Waals surface area contributed by atoms with Gasteiger partial charge in [0.2, 0.25) is 0 Å². The highest BCUT2D eigenvalue weighted by Gasteiger charge is 2.30. The number of carbonyl (C=O) groups excluding carboxylic acids is 1. The van der Waals surface area contributed by atoms with Crippen LogP contribution in [-0.4, -0.2) is 37.1 Å². The third kappa shape index (κ3) is 5.21. The lowest BCUT2D eigenvalue weighted by Crippen LogP contribution is -2.30. The van der Waals surface area contributed by atoms with Gasteiger partial charge in [-0.2, -0.15) is 0 Å². The van der Waals surface area contributed by atoms with Crippen LogP contribution < -0.4 is 0 Å². The van der Waals surface area contributed by atoms with Crippen molar-refractivity contribution in [2.24, 2.45) is 5.92 Å². The zero-order chi connectivity index (χ0) is 16.5. The summed E-state index contributed by atoms with van der Waals surface area (Å²) in [5.74, 6) is -0.00328. The molecule has 0 saturated carbocycles. The van der Waals surface area contributed by atoms with Crippen molar-refractivity contribution < 1.29 is 9.53 Å². The molecule has 0 aromatic heterocycles. The van der Waals surface area contributed by atoms with E-state index in [1.165, 1.54) is 0 Å². The fourth-order valence-electron chi connectivity index (χ4n) is 3.24. The Hall–Kier alpha value is -1.61. The fourth-order valence-corrected chi connectivity index (χ4v) is 3.24. The van der Waals surface area contributed by atoms with Crippen molar-refractivity contribution >= 4 is 5.97 Å². The minimum absolute atomic E-state index is 0.0834. The molecule has 3 nitrogen and oxygen atoms in total. The molecule has 0 saturated heterocycles. The smallest absolute Gasteiger partial charge is 0.314 e. The summed E-state index contributed by atoms with van der Waals surface area (Å²) in [7, 11) is 0. The van der Waals surface area contributed by atoms with Crippen molar-refractivity contribution in [1.29, 1.82) is 0 Å². The summed E-state index contributed by atoms with van der Waals surface area (Å²) in [6.45, 7) is 7.51. The quantitative estimate of drug-likeness (QED) is 0.536. The standard InChI is InChI=1S/C20H29NO2/c1-3-21(4-2)15-16-23-20(22)19(17-11-7-5-8-12-17)18-13-9-6-10-14-18/h5,7-9,11-13,18-19H,3-4,6,10,14-16H2,1-2H3/t18-,19-/m0/s1. The van der Waals surface area contributed by atoms with E-state index in [1.807, 2.05) is 30.3 Å². The Morgan fingerprint density at radius 2 is 2.00 bits per heavy atom. The van der Waals surface area contributed by atoms with Gasteiger partial charge in [0.05, 0.1) is 5.92 Å². The third-order valence-corrected chi connectivity index (χ3v) is 4.68. The van der Waals surface area contributed by atoms with E-state index in [9.17, 15) is 4.79 Å². The molecule has 0 unspecified atom stereocenters. The van der Waals surface area contributed by atoms with E-state index in [4.69, 9.17) is 4.74 Å². The second-order valence-electron chi connectivity index (χ2n) is 6.11. The van der Waals surface area contributed by atoms with Gasteiger partial charge in [0.25, 0.3) is 0 Å². The summed E-state index contributed by atoms with van der Waals surface area (Å²) in [4.78, 5) is 15.0. The maximum Gasteiger partial charge on any atom is 0.314 e. The van der Waals surface area contributed by atoms with Gasteiger partial charge >= 0.3 is 5.97 Å². The molecule has 3 heteroatoms. The lowest BCUT2D eigenvalue weighted by Gasteiger charge is -2.26. The van der Waals surface area contributed by atoms with Crippen LogP contribution in [0.25, 0.3) is 0 Å². The molecule has 2 rings (SSSR count). The summed E-state index contributed by atoms with van der Waals surface area (Å²) in [5, 5.41) is 0. The molecule has 1 aliphatic carbocycles. The summed E-state index contributed by atoms with van der Waals surface area (Å²) in [6.07, 6.45) is 7.73. The predicted molar refractivity (Wildman–Crippen MR) is 94.4 cm³/mol. The average molecular weight is 315 g/mol. The molecule has 0 amide bonds. The molecular formula is C20H29NO2. The molecule has 0 fully saturated rings. The second-order valence-corrected chi connectivity index (χ2v) is 6.11. The van der Waals surface area contributed by atoms with E-state index >= 15 is 0 Å². The monoisotopic (exact) mass is 315 g/mol. The number of ether oxygens (including phenoxy) is 1. The first-order valence-corrected chi connectivity index (χ1v) is 8.86. The molecule has 0 radical (unpaired) electrons. The van der Waals surface area contributed by atoms with Gasteiger partial charge in [-0.15, -0.1) is 0 Å². The van der Waals surface area contributed by atoms with Crippen LogP contribution in [0.5, 0.6) is 0 Å². The molecule has 126 valence electrons. The van der Waals surface area contributed by atoms with Gasteiger partial charge in [0, 0.05) is 6.54 Å². The lowest BCUT2D eigenvalue weighted by atomic mass is 9.80. The van der Waals surface area contributed by atoms with Crippen LogP contribution in [0.4, 0.5) is 0 Å². The van der Waals surface area contributed by atoms with Crippen molar-refractivity contribution in [2.45, 2.75) is 39.0 Å². The number of esters is 1. The predicted octanol–water partition coefficient (Wildman–Crippen LogP) is 4.01. The molecule has 2 atom stereocenters. The number of hydrogen-bond acceptors (Lipinski definition) is 3. The van der Waals surface area contributed by atoms with E-state index in [0.29, 0.717) is 6.61 Å². The summed E-state index contributed by atoms with van der Waals surface area (Å²) in [6, 6.07) is 10.1. The van der Waals surface area contributed by atoms with Crippen molar-refractivity contribution in [1.82, 2.24) is 4.90 Å². The Morgan fingerprint density at radius 1 is 1.26 bits per heavy atom. The Labute approximate surface area is 140 Å². The Balaban J connectivity index is 2.03. The first-order valence-electron chi connectivity index (χ1n) is 8.86. The van der Waals surface area contributed by atoms with E-state index in [1.54, 1.807) is 0 Å². The minimum Gasteiger partial charge on any atom is -0.464 e. The molecular weight excluding hydrogens is 286 g/mol. The van der Waals surface area contributed by atoms with Crippen molar-refractivity contribution in [2.75, 3.05) is 26.2 Å². The molecule has 1 aromatic carbocycles. The van der Waals surface area contributed by atoms with Crippen molar-refractivity contribution in [3.8, 4) is 0 Å². The van der Waals surface area contributed by atoms with Crippen LogP contribution in [0.3, 0.4) is 0 Å². The molecule has 0 N–H and O–H groups in total. The number of benzene rings is 1. The number of hydrogen-bond donors (Lipinski definition) is 0. The number of nitrogens with zero attached hydrogens (tertiary/aromatic N) is 1. The average Bonchev–Trinajstić information content (AvgIpc) is 2.61. The Bertz CT molecular complexity index is 494. The maximum absolute atomic E-state index is 12.7. The number of allylic oxidation sites excluding steroid dienone is 2. The first kappa shape index (κ1) is 17.7. The number of carbonyl (C=O) groups is 1.